The van der Waals surface area contributed by atoms with Gasteiger partial charge in [-0.25, -0.2) is 9.78 Å². The molecule has 0 fully saturated rings. The number of hydrogen-bond donors (Lipinski definition) is 5. The number of oxazole rings is 1. The first kappa shape index (κ1) is 29.1. The molecule has 0 aliphatic carbocycles. The molecule has 38 heavy (non-hydrogen) atoms. The van der Waals surface area contributed by atoms with Gasteiger partial charge in [-0.2, -0.15) is 0 Å². The van der Waals surface area contributed by atoms with Crippen LogP contribution in [0.3, 0.4) is 0 Å². The van der Waals surface area contributed by atoms with E-state index in [9.17, 15) is 19.5 Å². The third-order valence-corrected chi connectivity index (χ3v) is 5.76. The van der Waals surface area contributed by atoms with Crippen molar-refractivity contribution in [1.29, 1.82) is 0 Å². The van der Waals surface area contributed by atoms with Gasteiger partial charge < -0.3 is 30.6 Å². The monoisotopic (exact) mass is 563 g/mol. The summed E-state index contributed by atoms with van der Waals surface area (Å²) in [4.78, 5) is 41.4. The number of carbonyl (C=O) groups excluding carboxylic acids is 2. The average molecular weight is 564 g/mol. The van der Waals surface area contributed by atoms with Crippen molar-refractivity contribution in [1.82, 2.24) is 15.6 Å². The first-order valence-electron chi connectivity index (χ1n) is 11.6. The van der Waals surface area contributed by atoms with Crippen molar-refractivity contribution < 1.29 is 28.6 Å². The maximum Gasteiger partial charge on any atom is 0.337 e. The summed E-state index contributed by atoms with van der Waals surface area (Å²) in [5.74, 6) is -1.62. The Morgan fingerprint density at radius 3 is 2.68 bits per heavy atom. The number of rotatable bonds is 14. The second-order valence-corrected chi connectivity index (χ2v) is 8.81. The van der Waals surface area contributed by atoms with E-state index in [-0.39, 0.29) is 43.3 Å². The molecule has 2 aromatic carbocycles. The number of carbonyl (C=O) groups is 3. The summed E-state index contributed by atoms with van der Waals surface area (Å²) < 4.78 is 11.0. The van der Waals surface area contributed by atoms with E-state index in [2.05, 4.69) is 20.9 Å². The van der Waals surface area contributed by atoms with E-state index in [1.165, 1.54) is 18.3 Å². The molecule has 3 aromatic rings. The smallest absolute Gasteiger partial charge is 0.337 e. The van der Waals surface area contributed by atoms with Gasteiger partial charge in [-0.1, -0.05) is 35.3 Å². The Hall–Kier alpha value is -3.48. The van der Waals surface area contributed by atoms with Crippen molar-refractivity contribution >= 4 is 46.7 Å². The molecule has 0 saturated heterocycles. The quantitative estimate of drug-likeness (QED) is 0.185. The van der Waals surface area contributed by atoms with Crippen LogP contribution in [0.25, 0.3) is 11.3 Å². The highest BCUT2D eigenvalue weighted by molar-refractivity contribution is 6.35. The van der Waals surface area contributed by atoms with Crippen LogP contribution in [-0.2, 0) is 20.9 Å². The van der Waals surface area contributed by atoms with Crippen molar-refractivity contribution in [2.75, 3.05) is 31.6 Å². The lowest BCUT2D eigenvalue weighted by Crippen LogP contribution is -2.44. The van der Waals surface area contributed by atoms with Gasteiger partial charge in [0.1, 0.15) is 0 Å². The summed E-state index contributed by atoms with van der Waals surface area (Å²) in [6.07, 6.45) is 1.23. The predicted octanol–water partition coefficient (Wildman–Crippen LogP) is 2.93. The summed E-state index contributed by atoms with van der Waals surface area (Å²) in [7, 11) is 0. The van der Waals surface area contributed by atoms with E-state index in [0.717, 1.165) is 0 Å². The first-order valence-corrected chi connectivity index (χ1v) is 12.3. The third kappa shape index (κ3) is 8.54. The van der Waals surface area contributed by atoms with Crippen LogP contribution in [0.5, 0.6) is 0 Å². The number of carboxylic acid groups (broad SMARTS) is 1. The molecular weight excluding hydrogens is 537 g/mol. The van der Waals surface area contributed by atoms with Crippen LogP contribution in [0.1, 0.15) is 22.7 Å². The summed E-state index contributed by atoms with van der Waals surface area (Å²) in [5, 5.41) is 18.5. The zero-order valence-electron chi connectivity index (χ0n) is 20.2. The topological polar surface area (TPSA) is 169 Å². The lowest BCUT2D eigenvalue weighted by molar-refractivity contribution is -0.126. The minimum absolute atomic E-state index is 0.0102. The van der Waals surface area contributed by atoms with Gasteiger partial charge >= 0.3 is 5.97 Å². The fourth-order valence-corrected chi connectivity index (χ4v) is 3.76. The van der Waals surface area contributed by atoms with Crippen LogP contribution in [0.2, 0.25) is 10.0 Å². The molecule has 11 nitrogen and oxygen atoms in total. The van der Waals surface area contributed by atoms with Crippen LogP contribution >= 0.6 is 23.2 Å². The maximum atomic E-state index is 13.1. The van der Waals surface area contributed by atoms with E-state index >= 15 is 0 Å². The number of nitrogens with one attached hydrogen (secondary N) is 3. The SMILES string of the molecule is NCCOCCNC(=O)CC(NCc1ncc(-c2cc(Cl)ccc2Cl)o1)C(=O)Nc1ccccc1C(=O)O. The Morgan fingerprint density at radius 2 is 1.92 bits per heavy atom. The Labute approximate surface area is 228 Å². The van der Waals surface area contributed by atoms with Crippen molar-refractivity contribution in [3.05, 3.63) is 70.2 Å². The van der Waals surface area contributed by atoms with Gasteiger partial charge in [0.2, 0.25) is 17.7 Å². The van der Waals surface area contributed by atoms with E-state index in [1.807, 2.05) is 0 Å². The third-order valence-electron chi connectivity index (χ3n) is 5.20. The first-order chi connectivity index (χ1) is 18.3. The summed E-state index contributed by atoms with van der Waals surface area (Å²) in [6, 6.07) is 9.83. The fourth-order valence-electron chi connectivity index (χ4n) is 3.37. The molecule has 0 saturated carbocycles. The number of aromatic carboxylic acids is 1. The predicted molar refractivity (Wildman–Crippen MR) is 142 cm³/mol. The van der Waals surface area contributed by atoms with Gasteiger partial charge in [-0.05, 0) is 30.3 Å². The van der Waals surface area contributed by atoms with Crippen molar-refractivity contribution in [2.24, 2.45) is 5.73 Å². The molecule has 2 amide bonds. The van der Waals surface area contributed by atoms with Crippen LogP contribution in [0.15, 0.2) is 53.1 Å². The highest BCUT2D eigenvalue weighted by atomic mass is 35.5. The van der Waals surface area contributed by atoms with Crippen molar-refractivity contribution in [2.45, 2.75) is 19.0 Å². The minimum Gasteiger partial charge on any atom is -0.478 e. The number of aromatic nitrogens is 1. The van der Waals surface area contributed by atoms with Crippen molar-refractivity contribution in [3.8, 4) is 11.3 Å². The number of hydrogen-bond acceptors (Lipinski definition) is 8. The zero-order valence-corrected chi connectivity index (χ0v) is 21.7. The zero-order chi connectivity index (χ0) is 27.5. The molecule has 3 rings (SSSR count). The number of benzene rings is 2. The van der Waals surface area contributed by atoms with Crippen LogP contribution in [-0.4, -0.2) is 60.2 Å². The summed E-state index contributed by atoms with van der Waals surface area (Å²) in [5.41, 5.74) is 5.93. The van der Waals surface area contributed by atoms with Crippen LogP contribution in [0, 0.1) is 0 Å². The van der Waals surface area contributed by atoms with Gasteiger partial charge in [0.05, 0.1) is 54.7 Å². The molecule has 1 heterocycles. The highest BCUT2D eigenvalue weighted by Gasteiger charge is 2.24. The normalized spacial score (nSPS) is 11.7. The molecule has 1 aromatic heterocycles. The second-order valence-electron chi connectivity index (χ2n) is 7.97. The highest BCUT2D eigenvalue weighted by Crippen LogP contribution is 2.31. The fraction of sp³-hybridized carbons (Fsp3) is 0.280. The van der Waals surface area contributed by atoms with E-state index in [4.69, 9.17) is 38.1 Å². The molecule has 202 valence electrons. The molecule has 0 aliphatic rings. The number of anilines is 1. The lowest BCUT2D eigenvalue weighted by atomic mass is 10.1. The number of para-hydroxylation sites is 1. The van der Waals surface area contributed by atoms with Crippen molar-refractivity contribution in [3.63, 3.8) is 0 Å². The number of nitrogens with two attached hydrogens (primary N) is 1. The maximum absolute atomic E-state index is 13.1. The van der Waals surface area contributed by atoms with Gasteiger partial charge in [0.25, 0.3) is 0 Å². The molecule has 6 N–H and O–H groups in total. The van der Waals surface area contributed by atoms with E-state index in [1.54, 1.807) is 30.3 Å². The largest absolute Gasteiger partial charge is 0.478 e. The van der Waals surface area contributed by atoms with E-state index in [0.29, 0.717) is 34.5 Å². The molecular formula is C25H27Cl2N5O6. The molecule has 0 radical (unpaired) electrons. The summed E-state index contributed by atoms with van der Waals surface area (Å²) >= 11 is 12.3. The van der Waals surface area contributed by atoms with Gasteiger partial charge in [0, 0.05) is 23.7 Å². The Kier molecular flexibility index (Phi) is 11.1. The van der Waals surface area contributed by atoms with Gasteiger partial charge in [-0.15, -0.1) is 0 Å². The average Bonchev–Trinajstić information content (AvgIpc) is 3.36. The Bertz CT molecular complexity index is 1270. The minimum atomic E-state index is -1.20. The van der Waals surface area contributed by atoms with Gasteiger partial charge in [0.15, 0.2) is 5.76 Å². The molecule has 1 atom stereocenters. The second kappa shape index (κ2) is 14.5. The summed E-state index contributed by atoms with van der Waals surface area (Å²) in [6.45, 7) is 1.22. The number of ether oxygens (including phenoxy) is 1. The van der Waals surface area contributed by atoms with E-state index < -0.39 is 23.8 Å². The standard InChI is InChI=1S/C25H27Cl2N5O6/c26-15-5-6-18(27)17(11-15)21-13-31-23(38-21)14-30-20(12-22(33)29-8-10-37-9-7-28)24(34)32-19-4-2-1-3-16(19)25(35)36/h1-6,11,13,20,30H,7-10,12,14,28H2,(H,29,33)(H,32,34)(H,35,36). The molecule has 1 unspecified atom stereocenters. The Morgan fingerprint density at radius 1 is 1.13 bits per heavy atom. The number of amides is 2. The molecule has 13 heteroatoms. The molecule has 0 spiro atoms. The number of halogens is 2. The Balaban J connectivity index is 1.70. The lowest BCUT2D eigenvalue weighted by Gasteiger charge is -2.18. The molecule has 0 aliphatic heterocycles. The van der Waals surface area contributed by atoms with Crippen LogP contribution in [0.4, 0.5) is 5.69 Å². The molecule has 0 bridgehead atoms. The van der Waals surface area contributed by atoms with Gasteiger partial charge in [-0.3, -0.25) is 14.9 Å². The van der Waals surface area contributed by atoms with Crippen LogP contribution < -0.4 is 21.7 Å². The number of carboxylic acids is 1. The number of nitrogens with zero attached hydrogens (tertiary/aromatic N) is 1.